The first-order chi connectivity index (χ1) is 7.83. The number of hydrogen-bond donors (Lipinski definition) is 2. The number of aryl methyl sites for hydroxylation is 1. The van der Waals surface area contributed by atoms with Crippen LogP contribution in [0.1, 0.15) is 19.0 Å². The molecule has 0 aliphatic rings. The number of H-pyrrole nitrogens is 1. The molecule has 0 saturated heterocycles. The van der Waals surface area contributed by atoms with Crippen LogP contribution in [0.3, 0.4) is 0 Å². The molecule has 1 heterocycles. The van der Waals surface area contributed by atoms with E-state index in [0.29, 0.717) is 5.69 Å². The Morgan fingerprint density at radius 2 is 2.18 bits per heavy atom. The Labute approximate surface area is 102 Å². The summed E-state index contributed by atoms with van der Waals surface area (Å²) in [7, 11) is 0.463. The van der Waals surface area contributed by atoms with Crippen LogP contribution in [0.4, 0.5) is 0 Å². The summed E-state index contributed by atoms with van der Waals surface area (Å²) in [5.74, 6) is 0. The van der Waals surface area contributed by atoms with E-state index >= 15 is 0 Å². The predicted octanol–water partition coefficient (Wildman–Crippen LogP) is 0.337. The molecule has 2 N–H and O–H groups in total. The monoisotopic (exact) mass is 260 g/mol. The molecule has 0 radical (unpaired) electrons. The van der Waals surface area contributed by atoms with Crippen LogP contribution < -0.4 is 4.72 Å². The van der Waals surface area contributed by atoms with Crippen molar-refractivity contribution in [3.05, 3.63) is 11.9 Å². The van der Waals surface area contributed by atoms with Gasteiger partial charge in [0.15, 0.2) is 0 Å². The number of aromatic nitrogens is 2. The van der Waals surface area contributed by atoms with Gasteiger partial charge in [0.05, 0.1) is 11.9 Å². The van der Waals surface area contributed by atoms with Crippen molar-refractivity contribution in [2.75, 3.05) is 20.6 Å². The average molecular weight is 260 g/mol. The second kappa shape index (κ2) is 5.61. The molecule has 1 atom stereocenters. The summed E-state index contributed by atoms with van der Waals surface area (Å²) < 4.78 is 26.6. The van der Waals surface area contributed by atoms with E-state index in [2.05, 4.69) is 14.9 Å². The molecule has 0 aliphatic carbocycles. The molecule has 1 unspecified atom stereocenters. The van der Waals surface area contributed by atoms with E-state index in [-0.39, 0.29) is 10.9 Å². The lowest BCUT2D eigenvalue weighted by Gasteiger charge is -2.16. The molecule has 17 heavy (non-hydrogen) atoms. The second-order valence-electron chi connectivity index (χ2n) is 4.47. The van der Waals surface area contributed by atoms with Crippen LogP contribution in [0, 0.1) is 6.92 Å². The maximum Gasteiger partial charge on any atom is 0.244 e. The molecule has 0 spiro atoms. The van der Waals surface area contributed by atoms with Gasteiger partial charge in [-0.05, 0) is 40.9 Å². The summed E-state index contributed by atoms with van der Waals surface area (Å²) in [4.78, 5) is 2.24. The van der Waals surface area contributed by atoms with E-state index in [9.17, 15) is 8.42 Å². The van der Waals surface area contributed by atoms with E-state index in [4.69, 9.17) is 0 Å². The summed E-state index contributed by atoms with van der Waals surface area (Å²) in [5, 5.41) is 6.34. The van der Waals surface area contributed by atoms with Gasteiger partial charge in [-0.2, -0.15) is 5.10 Å². The largest absolute Gasteiger partial charge is 0.309 e. The molecule has 6 nitrogen and oxygen atoms in total. The van der Waals surface area contributed by atoms with Gasteiger partial charge in [-0.3, -0.25) is 5.10 Å². The van der Waals surface area contributed by atoms with E-state index in [0.717, 1.165) is 13.0 Å². The third kappa shape index (κ3) is 4.10. The van der Waals surface area contributed by atoms with Gasteiger partial charge in [0, 0.05) is 6.04 Å². The Kier molecular flexibility index (Phi) is 4.67. The number of hydrogen-bond acceptors (Lipinski definition) is 4. The lowest BCUT2D eigenvalue weighted by molar-refractivity contribution is 0.379. The molecule has 1 aromatic heterocycles. The van der Waals surface area contributed by atoms with Crippen molar-refractivity contribution in [3.63, 3.8) is 0 Å². The normalized spacial score (nSPS) is 14.2. The van der Waals surface area contributed by atoms with Gasteiger partial charge in [-0.1, -0.05) is 0 Å². The van der Waals surface area contributed by atoms with Gasteiger partial charge in [0.2, 0.25) is 10.0 Å². The Balaban J connectivity index is 2.65. The number of sulfonamides is 1. The zero-order chi connectivity index (χ0) is 13.1. The summed E-state index contributed by atoms with van der Waals surface area (Å²) in [5.41, 5.74) is 0.553. The van der Waals surface area contributed by atoms with Crippen LogP contribution in [-0.4, -0.2) is 50.2 Å². The topological polar surface area (TPSA) is 78.1 Å². The van der Waals surface area contributed by atoms with Gasteiger partial charge >= 0.3 is 0 Å². The molecule has 0 fully saturated rings. The standard InChI is InChI=1S/C10H20N4O2S/c1-8(5-6-14(3)4)13-17(15,16)10-7-11-12-9(10)2/h7-8,13H,5-6H2,1-4H3,(H,11,12). The third-order valence-electron chi connectivity index (χ3n) is 2.44. The van der Waals surface area contributed by atoms with Crippen molar-refractivity contribution in [3.8, 4) is 0 Å². The van der Waals surface area contributed by atoms with Crippen molar-refractivity contribution < 1.29 is 8.42 Å². The van der Waals surface area contributed by atoms with Crippen LogP contribution in [0.5, 0.6) is 0 Å². The molecule has 0 bridgehead atoms. The summed E-state index contributed by atoms with van der Waals surface area (Å²) in [6.07, 6.45) is 2.10. The highest BCUT2D eigenvalue weighted by molar-refractivity contribution is 7.89. The highest BCUT2D eigenvalue weighted by Crippen LogP contribution is 2.11. The maximum atomic E-state index is 12.0. The molecular weight excluding hydrogens is 240 g/mol. The summed E-state index contributed by atoms with van der Waals surface area (Å²) >= 11 is 0. The van der Waals surface area contributed by atoms with Gasteiger partial charge < -0.3 is 4.90 Å². The van der Waals surface area contributed by atoms with Crippen molar-refractivity contribution >= 4 is 10.0 Å². The molecule has 0 aliphatic heterocycles. The first-order valence-electron chi connectivity index (χ1n) is 5.50. The fourth-order valence-electron chi connectivity index (χ4n) is 1.45. The molecule has 0 amide bonds. The Bertz CT molecular complexity index is 453. The van der Waals surface area contributed by atoms with Crippen molar-refractivity contribution in [2.45, 2.75) is 31.2 Å². The third-order valence-corrected chi connectivity index (χ3v) is 4.14. The first kappa shape index (κ1) is 14.1. The fraction of sp³-hybridized carbons (Fsp3) is 0.700. The lowest BCUT2D eigenvalue weighted by atomic mass is 10.2. The molecule has 1 aromatic rings. The summed E-state index contributed by atoms with van der Waals surface area (Å²) in [6.45, 7) is 4.39. The number of rotatable bonds is 6. The zero-order valence-electron chi connectivity index (χ0n) is 10.7. The van der Waals surface area contributed by atoms with Gasteiger partial charge in [-0.25, -0.2) is 13.1 Å². The highest BCUT2D eigenvalue weighted by atomic mass is 32.2. The van der Waals surface area contributed by atoms with Crippen molar-refractivity contribution in [1.82, 2.24) is 19.8 Å². The quantitative estimate of drug-likeness (QED) is 0.773. The number of aromatic amines is 1. The zero-order valence-corrected chi connectivity index (χ0v) is 11.5. The SMILES string of the molecule is Cc1[nH]ncc1S(=O)(=O)NC(C)CCN(C)C. The number of nitrogens with zero attached hydrogens (tertiary/aromatic N) is 2. The lowest BCUT2D eigenvalue weighted by Crippen LogP contribution is -2.34. The van der Waals surface area contributed by atoms with Crippen LogP contribution in [0.25, 0.3) is 0 Å². The minimum Gasteiger partial charge on any atom is -0.309 e. The molecule has 98 valence electrons. The second-order valence-corrected chi connectivity index (χ2v) is 6.16. The van der Waals surface area contributed by atoms with Crippen molar-refractivity contribution in [1.29, 1.82) is 0 Å². The Morgan fingerprint density at radius 1 is 1.53 bits per heavy atom. The van der Waals surface area contributed by atoms with E-state index in [1.807, 2.05) is 25.9 Å². The number of nitrogens with one attached hydrogen (secondary N) is 2. The van der Waals surface area contributed by atoms with Gasteiger partial charge in [-0.15, -0.1) is 0 Å². The maximum absolute atomic E-state index is 12.0. The molecule has 1 rings (SSSR count). The van der Waals surface area contributed by atoms with Crippen LogP contribution >= 0.6 is 0 Å². The summed E-state index contributed by atoms with van der Waals surface area (Å²) in [6, 6.07) is -0.100. The van der Waals surface area contributed by atoms with Crippen LogP contribution in [0.2, 0.25) is 0 Å². The molecule has 0 aromatic carbocycles. The van der Waals surface area contributed by atoms with E-state index in [1.54, 1.807) is 6.92 Å². The van der Waals surface area contributed by atoms with Crippen LogP contribution in [-0.2, 0) is 10.0 Å². The predicted molar refractivity (Wildman–Crippen MR) is 66.3 cm³/mol. The minimum atomic E-state index is -3.46. The minimum absolute atomic E-state index is 0.100. The Morgan fingerprint density at radius 3 is 2.65 bits per heavy atom. The van der Waals surface area contributed by atoms with E-state index < -0.39 is 10.0 Å². The van der Waals surface area contributed by atoms with Gasteiger partial charge in [0.25, 0.3) is 0 Å². The smallest absolute Gasteiger partial charge is 0.244 e. The average Bonchev–Trinajstić information content (AvgIpc) is 2.61. The fourth-order valence-corrected chi connectivity index (χ4v) is 2.86. The first-order valence-corrected chi connectivity index (χ1v) is 6.98. The van der Waals surface area contributed by atoms with E-state index in [1.165, 1.54) is 6.20 Å². The Hall–Kier alpha value is -0.920. The van der Waals surface area contributed by atoms with Crippen molar-refractivity contribution in [2.24, 2.45) is 0 Å². The van der Waals surface area contributed by atoms with Crippen LogP contribution in [0.15, 0.2) is 11.1 Å². The molecular formula is C10H20N4O2S. The molecule has 0 saturated carbocycles. The molecule has 7 heteroatoms. The highest BCUT2D eigenvalue weighted by Gasteiger charge is 2.20. The van der Waals surface area contributed by atoms with Gasteiger partial charge in [0.1, 0.15) is 4.90 Å².